The summed E-state index contributed by atoms with van der Waals surface area (Å²) in [4.78, 5) is 44.3. The Bertz CT molecular complexity index is 698. The van der Waals surface area contributed by atoms with Crippen LogP contribution >= 0.6 is 0 Å². The van der Waals surface area contributed by atoms with E-state index in [0.29, 0.717) is 32.7 Å². The molecule has 2 fully saturated rings. The van der Waals surface area contributed by atoms with Crippen LogP contribution in [-0.4, -0.2) is 84.3 Å². The van der Waals surface area contributed by atoms with E-state index in [1.54, 1.807) is 28.8 Å². The Hall–Kier alpha value is -2.57. The molecule has 2 aliphatic heterocycles. The minimum absolute atomic E-state index is 0.0268. The number of likely N-dealkylation sites (tertiary alicyclic amines) is 1. The highest BCUT2D eigenvalue weighted by molar-refractivity contribution is 5.89. The highest BCUT2D eigenvalue weighted by Crippen LogP contribution is 2.29. The zero-order chi connectivity index (χ0) is 19.6. The molecule has 2 heterocycles. The van der Waals surface area contributed by atoms with Crippen LogP contribution in [0.3, 0.4) is 0 Å². The van der Waals surface area contributed by atoms with Crippen LogP contribution in [0.1, 0.15) is 24.9 Å². The summed E-state index contributed by atoms with van der Waals surface area (Å²) in [5.74, 6) is -0.228. The van der Waals surface area contributed by atoms with Crippen molar-refractivity contribution in [1.82, 2.24) is 19.6 Å². The van der Waals surface area contributed by atoms with Gasteiger partial charge in [0.1, 0.15) is 0 Å². The number of piperazine rings is 1. The molecule has 2 saturated heterocycles. The summed E-state index contributed by atoms with van der Waals surface area (Å²) >= 11 is 0. The molecule has 0 aliphatic carbocycles. The van der Waals surface area contributed by atoms with Crippen molar-refractivity contribution in [3.63, 3.8) is 0 Å². The number of hydrogen-bond acceptors (Lipinski definition) is 3. The lowest BCUT2D eigenvalue weighted by Gasteiger charge is -2.37. The van der Waals surface area contributed by atoms with E-state index in [1.165, 1.54) is 0 Å². The lowest BCUT2D eigenvalue weighted by atomic mass is 10.1. The van der Waals surface area contributed by atoms with Gasteiger partial charge >= 0.3 is 6.03 Å². The Kier molecular flexibility index (Phi) is 5.68. The van der Waals surface area contributed by atoms with Crippen molar-refractivity contribution in [2.45, 2.75) is 19.4 Å². The third-order valence-corrected chi connectivity index (χ3v) is 5.50. The molecule has 7 heteroatoms. The molecular weight excluding hydrogens is 344 g/mol. The molecule has 0 bridgehead atoms. The highest BCUT2D eigenvalue weighted by Gasteiger charge is 2.39. The van der Waals surface area contributed by atoms with E-state index < -0.39 is 0 Å². The molecule has 0 saturated carbocycles. The lowest BCUT2D eigenvalue weighted by Crippen LogP contribution is -2.54. The summed E-state index contributed by atoms with van der Waals surface area (Å²) < 4.78 is 0. The molecule has 2 unspecified atom stereocenters. The number of hydrogen-bond donors (Lipinski definition) is 0. The number of amides is 4. The van der Waals surface area contributed by atoms with Crippen LogP contribution < -0.4 is 0 Å². The molecule has 4 amide bonds. The van der Waals surface area contributed by atoms with Gasteiger partial charge in [-0.1, -0.05) is 30.3 Å². The SMILES string of the molecule is CC(c1ccccc1)N1CC(C(=O)N2CCN(C(=O)N(C)C)CC2)CC1=O. The molecule has 3 rings (SSSR count). The standard InChI is InChI=1S/C20H28N4O3/c1-15(16-7-5-4-6-8-16)24-14-17(13-18(24)25)19(26)22-9-11-23(12-10-22)20(27)21(2)3/h4-8,15,17H,9-14H2,1-3H3. The van der Waals surface area contributed by atoms with Crippen molar-refractivity contribution >= 4 is 17.8 Å². The zero-order valence-corrected chi connectivity index (χ0v) is 16.3. The number of carbonyl (C=O) groups excluding carboxylic acids is 3. The third-order valence-electron chi connectivity index (χ3n) is 5.50. The Morgan fingerprint density at radius 3 is 2.22 bits per heavy atom. The minimum atomic E-state index is -0.292. The van der Waals surface area contributed by atoms with Crippen molar-refractivity contribution in [2.24, 2.45) is 5.92 Å². The molecule has 146 valence electrons. The molecule has 0 N–H and O–H groups in total. The van der Waals surface area contributed by atoms with E-state index in [2.05, 4.69) is 0 Å². The molecule has 27 heavy (non-hydrogen) atoms. The van der Waals surface area contributed by atoms with Crippen LogP contribution in [0.25, 0.3) is 0 Å². The molecule has 1 aromatic rings. The smallest absolute Gasteiger partial charge is 0.319 e. The van der Waals surface area contributed by atoms with Gasteiger partial charge in [0.2, 0.25) is 11.8 Å². The predicted octanol–water partition coefficient (Wildman–Crippen LogP) is 1.42. The third kappa shape index (κ3) is 4.07. The summed E-state index contributed by atoms with van der Waals surface area (Å²) in [6.45, 7) is 4.59. The Balaban J connectivity index is 1.58. The second-order valence-corrected chi connectivity index (χ2v) is 7.52. The second-order valence-electron chi connectivity index (χ2n) is 7.52. The van der Waals surface area contributed by atoms with Gasteiger partial charge < -0.3 is 19.6 Å². The van der Waals surface area contributed by atoms with Gasteiger partial charge in [0.05, 0.1) is 12.0 Å². The topological polar surface area (TPSA) is 64.2 Å². The summed E-state index contributed by atoms with van der Waals surface area (Å²) in [7, 11) is 3.46. The van der Waals surface area contributed by atoms with E-state index >= 15 is 0 Å². The molecule has 0 radical (unpaired) electrons. The number of rotatable bonds is 3. The first kappa shape index (κ1) is 19.2. The summed E-state index contributed by atoms with van der Waals surface area (Å²) in [6.07, 6.45) is 0.271. The monoisotopic (exact) mass is 372 g/mol. The van der Waals surface area contributed by atoms with Crippen LogP contribution in [0, 0.1) is 5.92 Å². The first-order valence-corrected chi connectivity index (χ1v) is 9.48. The molecule has 1 aromatic carbocycles. The van der Waals surface area contributed by atoms with Gasteiger partial charge in [-0.05, 0) is 12.5 Å². The van der Waals surface area contributed by atoms with Crippen molar-refractivity contribution in [1.29, 1.82) is 0 Å². The van der Waals surface area contributed by atoms with Gasteiger partial charge in [-0.3, -0.25) is 9.59 Å². The van der Waals surface area contributed by atoms with E-state index in [1.807, 2.05) is 42.2 Å². The maximum Gasteiger partial charge on any atom is 0.319 e. The maximum absolute atomic E-state index is 12.9. The van der Waals surface area contributed by atoms with Crippen molar-refractivity contribution < 1.29 is 14.4 Å². The van der Waals surface area contributed by atoms with Crippen molar-refractivity contribution in [3.05, 3.63) is 35.9 Å². The van der Waals surface area contributed by atoms with E-state index in [4.69, 9.17) is 0 Å². The summed E-state index contributed by atoms with van der Waals surface area (Å²) in [5, 5.41) is 0. The molecule has 2 aliphatic rings. The van der Waals surface area contributed by atoms with Gasteiger partial charge in [-0.25, -0.2) is 4.79 Å². The largest absolute Gasteiger partial charge is 0.339 e. The van der Waals surface area contributed by atoms with Gasteiger partial charge in [0, 0.05) is 53.2 Å². The van der Waals surface area contributed by atoms with Gasteiger partial charge in [0.25, 0.3) is 0 Å². The normalized spacial score (nSPS) is 21.4. The average molecular weight is 372 g/mol. The zero-order valence-electron chi connectivity index (χ0n) is 16.3. The van der Waals surface area contributed by atoms with E-state index in [0.717, 1.165) is 5.56 Å². The fourth-order valence-electron chi connectivity index (χ4n) is 3.84. The highest BCUT2D eigenvalue weighted by atomic mass is 16.2. The van der Waals surface area contributed by atoms with E-state index in [9.17, 15) is 14.4 Å². The average Bonchev–Trinajstić information content (AvgIpc) is 3.08. The Morgan fingerprint density at radius 1 is 1.04 bits per heavy atom. The van der Waals surface area contributed by atoms with Gasteiger partial charge in [-0.2, -0.15) is 0 Å². The van der Waals surface area contributed by atoms with Crippen LogP contribution in [0.5, 0.6) is 0 Å². The Labute approximate surface area is 160 Å². The van der Waals surface area contributed by atoms with Crippen LogP contribution in [-0.2, 0) is 9.59 Å². The summed E-state index contributed by atoms with van der Waals surface area (Å²) in [5.41, 5.74) is 1.08. The van der Waals surface area contributed by atoms with Crippen LogP contribution in [0.2, 0.25) is 0 Å². The van der Waals surface area contributed by atoms with Gasteiger partial charge in [0.15, 0.2) is 0 Å². The molecular formula is C20H28N4O3. The number of benzene rings is 1. The summed E-state index contributed by atoms with van der Waals surface area (Å²) in [6, 6.07) is 9.83. The molecule has 2 atom stereocenters. The molecule has 7 nitrogen and oxygen atoms in total. The number of carbonyl (C=O) groups is 3. The van der Waals surface area contributed by atoms with E-state index in [-0.39, 0.29) is 36.2 Å². The first-order chi connectivity index (χ1) is 12.9. The number of urea groups is 1. The fraction of sp³-hybridized carbons (Fsp3) is 0.550. The van der Waals surface area contributed by atoms with Crippen LogP contribution in [0.15, 0.2) is 30.3 Å². The van der Waals surface area contributed by atoms with Crippen molar-refractivity contribution in [2.75, 3.05) is 46.8 Å². The van der Waals surface area contributed by atoms with Crippen molar-refractivity contribution in [3.8, 4) is 0 Å². The molecule has 0 aromatic heterocycles. The molecule has 0 spiro atoms. The second kappa shape index (κ2) is 7.98. The Morgan fingerprint density at radius 2 is 1.63 bits per heavy atom. The first-order valence-electron chi connectivity index (χ1n) is 9.48. The van der Waals surface area contributed by atoms with Crippen LogP contribution in [0.4, 0.5) is 4.79 Å². The number of nitrogens with zero attached hydrogens (tertiary/aromatic N) is 4. The van der Waals surface area contributed by atoms with Gasteiger partial charge in [-0.15, -0.1) is 0 Å². The predicted molar refractivity (Wildman–Crippen MR) is 102 cm³/mol. The lowest BCUT2D eigenvalue weighted by molar-refractivity contribution is -0.137. The quantitative estimate of drug-likeness (QED) is 0.806. The maximum atomic E-state index is 12.9. The minimum Gasteiger partial charge on any atom is -0.339 e. The fourth-order valence-corrected chi connectivity index (χ4v) is 3.84.